The molecule has 0 amide bonds. The van der Waals surface area contributed by atoms with E-state index in [0.29, 0.717) is 0 Å². The SMILES string of the molecule is C[Si]1(C)c2[c-]c(-c3ccc4ccccc4n3)cc3c2P(=O)(c2cc4ccccc4cc21)c1cc2ccccc2cc1[Si]3(C)C.[Ir]. The Kier molecular flexibility index (Phi) is 6.30. The van der Waals surface area contributed by atoms with Crippen molar-refractivity contribution in [1.82, 2.24) is 4.98 Å². The topological polar surface area (TPSA) is 30.0 Å². The molecule has 221 valence electrons. The summed E-state index contributed by atoms with van der Waals surface area (Å²) in [7, 11) is -7.86. The summed E-state index contributed by atoms with van der Waals surface area (Å²) in [6.07, 6.45) is 0. The zero-order chi connectivity index (χ0) is 30.0. The summed E-state index contributed by atoms with van der Waals surface area (Å²) in [5.41, 5.74) is 2.93. The van der Waals surface area contributed by atoms with Gasteiger partial charge in [0.15, 0.2) is 0 Å². The van der Waals surface area contributed by atoms with Crippen LogP contribution >= 0.6 is 7.14 Å². The van der Waals surface area contributed by atoms with Crippen molar-refractivity contribution in [3.05, 3.63) is 121 Å². The number of hydrogen-bond acceptors (Lipinski definition) is 2. The van der Waals surface area contributed by atoms with Crippen molar-refractivity contribution in [2.24, 2.45) is 0 Å². The molecule has 2 nitrogen and oxygen atoms in total. The molecule has 0 bridgehead atoms. The molecule has 3 heterocycles. The molecule has 2 aliphatic heterocycles. The smallest absolute Gasteiger partial charge is 0.134 e. The molecule has 0 aliphatic carbocycles. The first-order chi connectivity index (χ1) is 21.2. The molecular weight excluding hydrogens is 778 g/mol. The van der Waals surface area contributed by atoms with Gasteiger partial charge in [0.1, 0.15) is 7.14 Å². The first-order valence-electron chi connectivity index (χ1n) is 15.3. The molecule has 1 unspecified atom stereocenters. The van der Waals surface area contributed by atoms with Gasteiger partial charge in [-0.05, 0) is 61.2 Å². The second-order valence-electron chi connectivity index (χ2n) is 13.5. The minimum Gasteiger partial charge on any atom is -0.319 e. The van der Waals surface area contributed by atoms with Gasteiger partial charge in [0, 0.05) is 30.7 Å². The molecule has 0 N–H and O–H groups in total. The summed E-state index contributed by atoms with van der Waals surface area (Å²) in [5, 5.41) is 14.1. The van der Waals surface area contributed by atoms with E-state index in [9.17, 15) is 0 Å². The number of nitrogens with zero attached hydrogens (tertiary/aromatic N) is 1. The number of fused-ring (bicyclic) bond motifs is 7. The summed E-state index contributed by atoms with van der Waals surface area (Å²) in [4.78, 5) is 5.12. The van der Waals surface area contributed by atoms with Crippen molar-refractivity contribution in [2.45, 2.75) is 26.2 Å². The maximum atomic E-state index is 16.4. The molecule has 1 atom stereocenters. The van der Waals surface area contributed by atoms with Crippen LogP contribution in [0, 0.1) is 6.07 Å². The molecule has 0 fully saturated rings. The predicted octanol–water partition coefficient (Wildman–Crippen LogP) is 5.92. The van der Waals surface area contributed by atoms with Crippen molar-refractivity contribution in [1.29, 1.82) is 0 Å². The fourth-order valence-electron chi connectivity index (χ4n) is 7.82. The Bertz CT molecular complexity index is 2330. The Balaban J connectivity index is 0.00000300. The summed E-state index contributed by atoms with van der Waals surface area (Å²) >= 11 is 0. The van der Waals surface area contributed by atoms with Crippen molar-refractivity contribution in [3.8, 4) is 11.3 Å². The van der Waals surface area contributed by atoms with Crippen LogP contribution < -0.4 is 36.7 Å². The van der Waals surface area contributed by atoms with E-state index in [1.165, 1.54) is 31.5 Å². The molecule has 1 aromatic heterocycles. The molecule has 9 rings (SSSR count). The fraction of sp³-hybridized carbons (Fsp3) is 0.103. The number of pyridine rings is 1. The third-order valence-corrected chi connectivity index (χ3v) is 21.2. The Morgan fingerprint density at radius 1 is 0.578 bits per heavy atom. The van der Waals surface area contributed by atoms with E-state index in [0.717, 1.165) is 48.8 Å². The third kappa shape index (κ3) is 3.89. The average Bonchev–Trinajstić information content (AvgIpc) is 3.05. The Hall–Kier alpha value is -3.44. The van der Waals surface area contributed by atoms with Crippen molar-refractivity contribution < 1.29 is 24.7 Å². The first kappa shape index (κ1) is 29.0. The second-order valence-corrected chi connectivity index (χ2v) is 24.7. The van der Waals surface area contributed by atoms with Gasteiger partial charge in [-0.1, -0.05) is 122 Å². The van der Waals surface area contributed by atoms with Crippen LogP contribution in [0.2, 0.25) is 26.2 Å². The minimum absolute atomic E-state index is 0. The van der Waals surface area contributed by atoms with E-state index in [2.05, 4.69) is 141 Å². The number of hydrogen-bond donors (Lipinski definition) is 0. The van der Waals surface area contributed by atoms with Crippen molar-refractivity contribution in [3.63, 3.8) is 0 Å². The number of benzene rings is 6. The molecule has 2 aliphatic rings. The van der Waals surface area contributed by atoms with E-state index in [-0.39, 0.29) is 20.1 Å². The van der Waals surface area contributed by atoms with Gasteiger partial charge >= 0.3 is 0 Å². The van der Waals surface area contributed by atoms with Crippen LogP contribution in [0.15, 0.2) is 115 Å². The molecule has 6 heteroatoms. The molecular formula is C39H31IrNOPSi2-. The van der Waals surface area contributed by atoms with E-state index in [4.69, 9.17) is 4.98 Å². The van der Waals surface area contributed by atoms with E-state index in [1.54, 1.807) is 0 Å². The average molecular weight is 809 g/mol. The normalized spacial score (nSPS) is 18.6. The Morgan fingerprint density at radius 2 is 1.09 bits per heavy atom. The zero-order valence-electron chi connectivity index (χ0n) is 25.6. The standard InChI is InChI=1S/C39H31NOPSi2.Ir/c1-43(2)35-21-28-14-7-5-12-26(28)19-33(35)42(41)34-20-27-13-6-8-15-29(27)22-36(34)44(3,4)38-24-30(23-37(43)39(38)42)32-18-17-25-11-9-10-16-31(25)40-32;/h5-23H,1-4H3;/q-1;. The third-order valence-electron chi connectivity index (χ3n) is 10.3. The van der Waals surface area contributed by atoms with Gasteiger partial charge in [-0.25, -0.2) is 0 Å². The van der Waals surface area contributed by atoms with Gasteiger partial charge in [0.2, 0.25) is 0 Å². The van der Waals surface area contributed by atoms with Gasteiger partial charge in [0.05, 0.1) is 21.7 Å². The zero-order valence-corrected chi connectivity index (χ0v) is 30.9. The van der Waals surface area contributed by atoms with Crippen LogP contribution in [0.5, 0.6) is 0 Å². The molecule has 1 radical (unpaired) electrons. The van der Waals surface area contributed by atoms with Crippen LogP contribution in [-0.2, 0) is 24.7 Å². The maximum absolute atomic E-state index is 16.4. The summed E-state index contributed by atoms with van der Waals surface area (Å²) in [5.74, 6) is 0. The van der Waals surface area contributed by atoms with Crippen LogP contribution in [0.3, 0.4) is 0 Å². The maximum Gasteiger partial charge on any atom is 0.134 e. The summed E-state index contributed by atoms with van der Waals surface area (Å²) in [6, 6.07) is 45.2. The van der Waals surface area contributed by atoms with Gasteiger partial charge in [0.25, 0.3) is 0 Å². The molecule has 0 spiro atoms. The molecule has 7 aromatic rings. The summed E-state index contributed by atoms with van der Waals surface area (Å²) < 4.78 is 16.4. The van der Waals surface area contributed by atoms with Gasteiger partial charge in [-0.15, -0.1) is 28.1 Å². The van der Waals surface area contributed by atoms with E-state index >= 15 is 4.57 Å². The van der Waals surface area contributed by atoms with Crippen LogP contribution in [0.25, 0.3) is 43.7 Å². The molecule has 45 heavy (non-hydrogen) atoms. The van der Waals surface area contributed by atoms with Gasteiger partial charge < -0.3 is 4.57 Å². The number of para-hydroxylation sites is 1. The number of rotatable bonds is 1. The summed E-state index contributed by atoms with van der Waals surface area (Å²) in [6.45, 7) is 9.75. The van der Waals surface area contributed by atoms with Crippen molar-refractivity contribution >= 4 is 92.4 Å². The molecule has 0 saturated heterocycles. The molecule has 6 aromatic carbocycles. The largest absolute Gasteiger partial charge is 0.319 e. The van der Waals surface area contributed by atoms with E-state index in [1.807, 2.05) is 6.07 Å². The van der Waals surface area contributed by atoms with Crippen molar-refractivity contribution in [2.75, 3.05) is 0 Å². The monoisotopic (exact) mass is 809 g/mol. The molecule has 0 saturated carbocycles. The minimum atomic E-state index is -3.22. The van der Waals surface area contributed by atoms with Crippen LogP contribution in [-0.4, -0.2) is 21.1 Å². The Labute approximate surface area is 279 Å². The quantitative estimate of drug-likeness (QED) is 0.117. The first-order valence-corrected chi connectivity index (χ1v) is 23.0. The van der Waals surface area contributed by atoms with Gasteiger partial charge in [-0.3, -0.25) is 4.98 Å². The second kappa shape index (κ2) is 9.78. The van der Waals surface area contributed by atoms with E-state index < -0.39 is 23.3 Å². The van der Waals surface area contributed by atoms with Crippen LogP contribution in [0.1, 0.15) is 0 Å². The van der Waals surface area contributed by atoms with Crippen LogP contribution in [0.4, 0.5) is 0 Å². The fourth-order valence-corrected chi connectivity index (χ4v) is 21.6. The number of aromatic nitrogens is 1. The Morgan fingerprint density at radius 3 is 1.69 bits per heavy atom. The van der Waals surface area contributed by atoms with Gasteiger partial charge in [-0.2, -0.15) is 0 Å². The predicted molar refractivity (Wildman–Crippen MR) is 194 cm³/mol.